The zero-order valence-electron chi connectivity index (χ0n) is 12.5. The van der Waals surface area contributed by atoms with Crippen molar-refractivity contribution in [2.45, 2.75) is 13.0 Å². The summed E-state index contributed by atoms with van der Waals surface area (Å²) < 4.78 is 5.33. The first kappa shape index (κ1) is 16.9. The summed E-state index contributed by atoms with van der Waals surface area (Å²) in [7, 11) is 0. The second-order valence-electron chi connectivity index (χ2n) is 4.78. The van der Waals surface area contributed by atoms with Crippen molar-refractivity contribution in [3.8, 4) is 5.75 Å². The molecule has 9 nitrogen and oxygen atoms in total. The Balaban J connectivity index is 2.09. The van der Waals surface area contributed by atoms with Gasteiger partial charge in [0.15, 0.2) is 11.9 Å². The summed E-state index contributed by atoms with van der Waals surface area (Å²) in [4.78, 5) is 32.6. The van der Waals surface area contributed by atoms with Crippen LogP contribution in [0.15, 0.2) is 48.5 Å². The SMILES string of the molecule is C[C@H](Oc1ccccc1[N+](=O)[O-])C(=O)Nc1cccc([N+](=O)[O-])c1. The van der Waals surface area contributed by atoms with E-state index in [0.717, 1.165) is 0 Å². The van der Waals surface area contributed by atoms with Crippen LogP contribution in [-0.4, -0.2) is 21.9 Å². The van der Waals surface area contributed by atoms with Gasteiger partial charge in [-0.25, -0.2) is 0 Å². The number of para-hydroxylation sites is 2. The van der Waals surface area contributed by atoms with Crippen LogP contribution < -0.4 is 10.1 Å². The molecule has 0 saturated carbocycles. The zero-order valence-corrected chi connectivity index (χ0v) is 12.5. The molecule has 9 heteroatoms. The summed E-state index contributed by atoms with van der Waals surface area (Å²) in [6, 6.07) is 11.1. The molecular formula is C15H13N3O6. The van der Waals surface area contributed by atoms with Crippen LogP contribution in [0.25, 0.3) is 0 Å². The van der Waals surface area contributed by atoms with Gasteiger partial charge in [0.2, 0.25) is 0 Å². The number of carbonyl (C=O) groups is 1. The molecule has 124 valence electrons. The van der Waals surface area contributed by atoms with Gasteiger partial charge in [0.05, 0.1) is 9.85 Å². The van der Waals surface area contributed by atoms with Crippen molar-refractivity contribution in [3.05, 3.63) is 68.8 Å². The van der Waals surface area contributed by atoms with Gasteiger partial charge in [-0.05, 0) is 19.1 Å². The minimum atomic E-state index is -1.04. The highest BCUT2D eigenvalue weighted by Gasteiger charge is 2.21. The second-order valence-corrected chi connectivity index (χ2v) is 4.78. The number of nitro groups is 2. The smallest absolute Gasteiger partial charge is 0.310 e. The van der Waals surface area contributed by atoms with E-state index in [4.69, 9.17) is 4.74 Å². The molecule has 0 aliphatic carbocycles. The zero-order chi connectivity index (χ0) is 17.7. The fraction of sp³-hybridized carbons (Fsp3) is 0.133. The lowest BCUT2D eigenvalue weighted by atomic mass is 10.2. The number of non-ortho nitro benzene ring substituents is 1. The molecule has 0 radical (unpaired) electrons. The van der Waals surface area contributed by atoms with Crippen LogP contribution >= 0.6 is 0 Å². The predicted octanol–water partition coefficient (Wildman–Crippen LogP) is 2.91. The fourth-order valence-corrected chi connectivity index (χ4v) is 1.89. The number of nitrogens with zero attached hydrogens (tertiary/aromatic N) is 2. The van der Waals surface area contributed by atoms with Crippen LogP contribution in [0.1, 0.15) is 6.92 Å². The molecule has 2 aromatic rings. The van der Waals surface area contributed by atoms with Gasteiger partial charge in [-0.2, -0.15) is 0 Å². The third-order valence-electron chi connectivity index (χ3n) is 3.06. The first-order chi connectivity index (χ1) is 11.4. The van der Waals surface area contributed by atoms with E-state index in [2.05, 4.69) is 5.32 Å². The van der Waals surface area contributed by atoms with Gasteiger partial charge in [-0.3, -0.25) is 25.0 Å². The van der Waals surface area contributed by atoms with Gasteiger partial charge < -0.3 is 10.1 Å². The molecule has 2 rings (SSSR count). The van der Waals surface area contributed by atoms with Crippen molar-refractivity contribution in [2.24, 2.45) is 0 Å². The van der Waals surface area contributed by atoms with Crippen molar-refractivity contribution >= 4 is 23.0 Å². The maximum absolute atomic E-state index is 12.1. The van der Waals surface area contributed by atoms with E-state index in [0.29, 0.717) is 0 Å². The first-order valence-electron chi connectivity index (χ1n) is 6.84. The highest BCUT2D eigenvalue weighted by Crippen LogP contribution is 2.27. The van der Waals surface area contributed by atoms with E-state index in [1.807, 2.05) is 0 Å². The van der Waals surface area contributed by atoms with E-state index < -0.39 is 21.9 Å². The quantitative estimate of drug-likeness (QED) is 0.641. The molecule has 0 aliphatic rings. The molecule has 1 amide bonds. The topological polar surface area (TPSA) is 125 Å². The van der Waals surface area contributed by atoms with E-state index in [1.54, 1.807) is 6.07 Å². The molecule has 0 saturated heterocycles. The predicted molar refractivity (Wildman–Crippen MR) is 84.9 cm³/mol. The molecule has 0 unspecified atom stereocenters. The van der Waals surface area contributed by atoms with Crippen LogP contribution in [0.2, 0.25) is 0 Å². The Hall–Kier alpha value is -3.49. The minimum absolute atomic E-state index is 0.0378. The largest absolute Gasteiger partial charge is 0.474 e. The number of hydrogen-bond acceptors (Lipinski definition) is 6. The van der Waals surface area contributed by atoms with Crippen LogP contribution in [0.3, 0.4) is 0 Å². The Morgan fingerprint density at radius 3 is 2.46 bits per heavy atom. The summed E-state index contributed by atoms with van der Waals surface area (Å²) in [6.07, 6.45) is -1.04. The minimum Gasteiger partial charge on any atom is -0.474 e. The molecule has 2 aromatic carbocycles. The highest BCUT2D eigenvalue weighted by atomic mass is 16.6. The number of anilines is 1. The molecule has 0 heterocycles. The number of carbonyl (C=O) groups excluding carboxylic acids is 1. The maximum Gasteiger partial charge on any atom is 0.310 e. The Morgan fingerprint density at radius 1 is 1.08 bits per heavy atom. The normalized spacial score (nSPS) is 11.4. The van der Waals surface area contributed by atoms with Crippen LogP contribution in [0.4, 0.5) is 17.1 Å². The van der Waals surface area contributed by atoms with E-state index in [-0.39, 0.29) is 22.8 Å². The lowest BCUT2D eigenvalue weighted by Gasteiger charge is -2.14. The van der Waals surface area contributed by atoms with E-state index >= 15 is 0 Å². The number of hydrogen-bond donors (Lipinski definition) is 1. The first-order valence-corrected chi connectivity index (χ1v) is 6.84. The fourth-order valence-electron chi connectivity index (χ4n) is 1.89. The Morgan fingerprint density at radius 2 is 1.79 bits per heavy atom. The van der Waals surface area contributed by atoms with Crippen molar-refractivity contribution in [2.75, 3.05) is 5.32 Å². The monoisotopic (exact) mass is 331 g/mol. The Kier molecular flexibility index (Phi) is 5.05. The third-order valence-corrected chi connectivity index (χ3v) is 3.06. The van der Waals surface area contributed by atoms with E-state index in [1.165, 1.54) is 49.4 Å². The number of rotatable bonds is 6. The van der Waals surface area contributed by atoms with E-state index in [9.17, 15) is 25.0 Å². The summed E-state index contributed by atoms with van der Waals surface area (Å²) in [5, 5.41) is 24.1. The number of ether oxygens (including phenoxy) is 1. The van der Waals surface area contributed by atoms with Gasteiger partial charge in [0, 0.05) is 23.9 Å². The number of nitrogens with one attached hydrogen (secondary N) is 1. The number of benzene rings is 2. The average Bonchev–Trinajstić information content (AvgIpc) is 2.55. The average molecular weight is 331 g/mol. The van der Waals surface area contributed by atoms with Crippen molar-refractivity contribution in [3.63, 3.8) is 0 Å². The molecule has 1 atom stereocenters. The van der Waals surface area contributed by atoms with Crippen LogP contribution in [0, 0.1) is 20.2 Å². The molecule has 0 spiro atoms. The molecule has 0 aromatic heterocycles. The summed E-state index contributed by atoms with van der Waals surface area (Å²) in [5.41, 5.74) is -0.195. The number of nitro benzene ring substituents is 2. The van der Waals surface area contributed by atoms with Gasteiger partial charge in [0.1, 0.15) is 0 Å². The number of amides is 1. The third kappa shape index (κ3) is 4.03. The lowest BCUT2D eigenvalue weighted by Crippen LogP contribution is -2.30. The van der Waals surface area contributed by atoms with Gasteiger partial charge in [0.25, 0.3) is 11.6 Å². The van der Waals surface area contributed by atoms with Crippen LogP contribution in [0.5, 0.6) is 5.75 Å². The van der Waals surface area contributed by atoms with Gasteiger partial charge in [-0.15, -0.1) is 0 Å². The molecule has 24 heavy (non-hydrogen) atoms. The maximum atomic E-state index is 12.1. The molecule has 0 bridgehead atoms. The van der Waals surface area contributed by atoms with Crippen molar-refractivity contribution in [1.29, 1.82) is 0 Å². The second kappa shape index (κ2) is 7.18. The molecule has 0 fully saturated rings. The Labute approximate surface area is 136 Å². The molecule has 1 N–H and O–H groups in total. The van der Waals surface area contributed by atoms with Gasteiger partial charge >= 0.3 is 5.69 Å². The summed E-state index contributed by atoms with van der Waals surface area (Å²) in [6.45, 7) is 1.42. The van der Waals surface area contributed by atoms with Crippen LogP contribution in [-0.2, 0) is 4.79 Å². The standard InChI is InChI=1S/C15H13N3O6/c1-10(24-14-8-3-2-7-13(14)18(22)23)15(19)16-11-5-4-6-12(9-11)17(20)21/h2-10H,1H3,(H,16,19)/t10-/m0/s1. The van der Waals surface area contributed by atoms with Crippen molar-refractivity contribution < 1.29 is 19.4 Å². The molecular weight excluding hydrogens is 318 g/mol. The highest BCUT2D eigenvalue weighted by molar-refractivity contribution is 5.94. The Bertz CT molecular complexity index is 792. The van der Waals surface area contributed by atoms with Gasteiger partial charge in [-0.1, -0.05) is 18.2 Å². The summed E-state index contributed by atoms with van der Waals surface area (Å²) in [5.74, 6) is -0.627. The van der Waals surface area contributed by atoms with Crippen molar-refractivity contribution in [1.82, 2.24) is 0 Å². The lowest BCUT2D eigenvalue weighted by molar-refractivity contribution is -0.386. The summed E-state index contributed by atoms with van der Waals surface area (Å²) >= 11 is 0. The molecule has 0 aliphatic heterocycles.